The van der Waals surface area contributed by atoms with E-state index >= 15 is 0 Å². The van der Waals surface area contributed by atoms with Crippen molar-refractivity contribution in [3.63, 3.8) is 0 Å². The minimum Gasteiger partial charge on any atom is -0.507 e. The highest BCUT2D eigenvalue weighted by Gasteiger charge is 2.46. The molecule has 3 aromatic rings. The lowest BCUT2D eigenvalue weighted by Gasteiger charge is -2.25. The third kappa shape index (κ3) is 3.83. The molecule has 0 saturated carbocycles. The van der Waals surface area contributed by atoms with E-state index in [1.165, 1.54) is 47.5 Å². The van der Waals surface area contributed by atoms with Crippen molar-refractivity contribution in [3.8, 4) is 0 Å². The molecule has 1 saturated heterocycles. The van der Waals surface area contributed by atoms with Crippen molar-refractivity contribution in [2.24, 2.45) is 0 Å². The minimum absolute atomic E-state index is 0.00797. The van der Waals surface area contributed by atoms with Gasteiger partial charge in [-0.3, -0.25) is 24.7 Å². The third-order valence-electron chi connectivity index (χ3n) is 5.13. The fourth-order valence-corrected chi connectivity index (χ4v) is 3.65. The number of Topliss-reactive ketones (excluding diaryl/α,β-unsaturated/α-hetero) is 1. The maximum atomic E-state index is 13.3. The van der Waals surface area contributed by atoms with E-state index in [1.807, 2.05) is 0 Å². The van der Waals surface area contributed by atoms with Crippen LogP contribution in [0.5, 0.6) is 0 Å². The highest BCUT2D eigenvalue weighted by Crippen LogP contribution is 2.41. The van der Waals surface area contributed by atoms with Crippen LogP contribution in [0.1, 0.15) is 22.7 Å². The van der Waals surface area contributed by atoms with Crippen molar-refractivity contribution < 1.29 is 24.0 Å². The molecule has 0 radical (unpaired) electrons. The Morgan fingerprint density at radius 3 is 2.53 bits per heavy atom. The summed E-state index contributed by atoms with van der Waals surface area (Å²) >= 11 is 0. The number of carbonyl (C=O) groups excluding carboxylic acids is 2. The molecule has 2 aromatic carbocycles. The molecule has 0 spiro atoms. The number of aromatic nitrogens is 1. The Morgan fingerprint density at radius 1 is 1.12 bits per heavy atom. The van der Waals surface area contributed by atoms with Gasteiger partial charge in [0.1, 0.15) is 11.6 Å². The highest BCUT2D eigenvalue weighted by atomic mass is 19.1. The largest absolute Gasteiger partial charge is 0.507 e. The van der Waals surface area contributed by atoms with E-state index in [9.17, 15) is 29.2 Å². The zero-order valence-electron chi connectivity index (χ0n) is 16.5. The topological polar surface area (TPSA) is 114 Å². The Bertz CT molecular complexity index is 1240. The van der Waals surface area contributed by atoms with Gasteiger partial charge in [0.05, 0.1) is 16.5 Å². The molecule has 32 heavy (non-hydrogen) atoms. The number of benzene rings is 2. The summed E-state index contributed by atoms with van der Waals surface area (Å²) in [6, 6.07) is 12.6. The maximum absolute atomic E-state index is 13.3. The zero-order chi connectivity index (χ0) is 22.8. The zero-order valence-corrected chi connectivity index (χ0v) is 16.5. The first-order valence-electron chi connectivity index (χ1n) is 9.54. The first-order chi connectivity index (χ1) is 15.4. The SMILES string of the molecule is O=C1C(=O)N(Cc2cccnc2)[C@@H](c2cccc([N+](=O)[O-])c2)/C1=C(\O)c1ccc(F)cc1. The third-order valence-corrected chi connectivity index (χ3v) is 5.13. The lowest BCUT2D eigenvalue weighted by Crippen LogP contribution is -2.29. The van der Waals surface area contributed by atoms with Crippen LogP contribution in [-0.4, -0.2) is 31.6 Å². The average molecular weight is 433 g/mol. The lowest BCUT2D eigenvalue weighted by atomic mass is 9.95. The second-order valence-corrected chi connectivity index (χ2v) is 7.15. The van der Waals surface area contributed by atoms with Crippen molar-refractivity contribution in [3.05, 3.63) is 111 Å². The van der Waals surface area contributed by atoms with Gasteiger partial charge in [-0.05, 0) is 41.5 Å². The number of rotatable bonds is 5. The highest BCUT2D eigenvalue weighted by molar-refractivity contribution is 6.46. The number of likely N-dealkylation sites (tertiary alicyclic amines) is 1. The van der Waals surface area contributed by atoms with Gasteiger partial charge in [0.2, 0.25) is 0 Å². The number of pyridine rings is 1. The summed E-state index contributed by atoms with van der Waals surface area (Å²) in [6.07, 6.45) is 3.09. The molecule has 8 nitrogen and oxygen atoms in total. The molecule has 1 fully saturated rings. The molecule has 1 aliphatic rings. The van der Waals surface area contributed by atoms with E-state index < -0.39 is 34.2 Å². The smallest absolute Gasteiger partial charge is 0.295 e. The predicted octanol–water partition coefficient (Wildman–Crippen LogP) is 3.75. The van der Waals surface area contributed by atoms with Gasteiger partial charge >= 0.3 is 0 Å². The van der Waals surface area contributed by atoms with Crippen LogP contribution in [0.25, 0.3) is 5.76 Å². The summed E-state index contributed by atoms with van der Waals surface area (Å²) in [5, 5.41) is 22.2. The number of halogens is 1. The second kappa shape index (κ2) is 8.38. The van der Waals surface area contributed by atoms with Crippen molar-refractivity contribution in [2.45, 2.75) is 12.6 Å². The Labute approximate surface area is 181 Å². The first kappa shape index (κ1) is 20.9. The average Bonchev–Trinajstić information content (AvgIpc) is 3.05. The van der Waals surface area contributed by atoms with Crippen LogP contribution in [0.15, 0.2) is 78.6 Å². The number of aliphatic hydroxyl groups is 1. The van der Waals surface area contributed by atoms with Gasteiger partial charge in [-0.15, -0.1) is 0 Å². The van der Waals surface area contributed by atoms with Crippen molar-refractivity contribution in [1.29, 1.82) is 0 Å². The molecule has 1 aliphatic heterocycles. The molecule has 4 rings (SSSR count). The molecule has 1 amide bonds. The Hall–Kier alpha value is -4.40. The molecule has 1 atom stereocenters. The fraction of sp³-hybridized carbons (Fsp3) is 0.0870. The molecule has 9 heteroatoms. The van der Waals surface area contributed by atoms with E-state index in [0.29, 0.717) is 5.56 Å². The molecular formula is C23H16FN3O5. The van der Waals surface area contributed by atoms with E-state index in [4.69, 9.17) is 0 Å². The van der Waals surface area contributed by atoms with Gasteiger partial charge in [0.25, 0.3) is 17.4 Å². The van der Waals surface area contributed by atoms with Gasteiger partial charge in [-0.1, -0.05) is 18.2 Å². The van der Waals surface area contributed by atoms with E-state index in [2.05, 4.69) is 4.98 Å². The molecule has 1 N–H and O–H groups in total. The van der Waals surface area contributed by atoms with Gasteiger partial charge in [0, 0.05) is 36.6 Å². The summed E-state index contributed by atoms with van der Waals surface area (Å²) in [6.45, 7) is -0.00797. The number of carbonyl (C=O) groups is 2. The maximum Gasteiger partial charge on any atom is 0.295 e. The Balaban J connectivity index is 1.89. The predicted molar refractivity (Wildman–Crippen MR) is 112 cm³/mol. The Morgan fingerprint density at radius 2 is 1.88 bits per heavy atom. The number of hydrogen-bond donors (Lipinski definition) is 1. The van der Waals surface area contributed by atoms with Crippen LogP contribution in [0.3, 0.4) is 0 Å². The molecule has 2 heterocycles. The normalized spacial score (nSPS) is 17.5. The van der Waals surface area contributed by atoms with Crippen molar-refractivity contribution >= 4 is 23.1 Å². The fourth-order valence-electron chi connectivity index (χ4n) is 3.65. The first-order valence-corrected chi connectivity index (χ1v) is 9.54. The molecule has 0 unspecified atom stereocenters. The molecule has 0 aliphatic carbocycles. The van der Waals surface area contributed by atoms with E-state index in [0.717, 1.165) is 12.1 Å². The minimum atomic E-state index is -1.08. The number of hydrogen-bond acceptors (Lipinski definition) is 6. The standard InChI is InChI=1S/C23H16FN3O5/c24-17-8-6-15(7-9-17)21(28)19-20(16-4-1-5-18(11-16)27(31)32)26(23(30)22(19)29)13-14-3-2-10-25-12-14/h1-12,20,28H,13H2/b21-19+/t20-/m0/s1. The van der Waals surface area contributed by atoms with Crippen molar-refractivity contribution in [1.82, 2.24) is 9.88 Å². The van der Waals surface area contributed by atoms with Crippen LogP contribution >= 0.6 is 0 Å². The molecule has 1 aromatic heterocycles. The van der Waals surface area contributed by atoms with Crippen LogP contribution in [0, 0.1) is 15.9 Å². The van der Waals surface area contributed by atoms with Crippen LogP contribution < -0.4 is 0 Å². The number of amides is 1. The van der Waals surface area contributed by atoms with Crippen molar-refractivity contribution in [2.75, 3.05) is 0 Å². The summed E-state index contributed by atoms with van der Waals surface area (Å²) in [5.74, 6) is -2.83. The van der Waals surface area contributed by atoms with Crippen LogP contribution in [0.2, 0.25) is 0 Å². The van der Waals surface area contributed by atoms with Gasteiger partial charge in [-0.25, -0.2) is 4.39 Å². The number of nitrogens with zero attached hydrogens (tertiary/aromatic N) is 3. The summed E-state index contributed by atoms with van der Waals surface area (Å²) in [4.78, 5) is 41.8. The lowest BCUT2D eigenvalue weighted by molar-refractivity contribution is -0.384. The molecule has 0 bridgehead atoms. The summed E-state index contributed by atoms with van der Waals surface area (Å²) in [5.41, 5.74) is 0.598. The van der Waals surface area contributed by atoms with E-state index in [-0.39, 0.29) is 28.9 Å². The summed E-state index contributed by atoms with van der Waals surface area (Å²) in [7, 11) is 0. The molecule has 160 valence electrons. The van der Waals surface area contributed by atoms with E-state index in [1.54, 1.807) is 18.3 Å². The van der Waals surface area contributed by atoms with Gasteiger partial charge in [0.15, 0.2) is 0 Å². The number of aliphatic hydroxyl groups excluding tert-OH is 1. The number of nitro groups is 1. The number of ketones is 1. The van der Waals surface area contributed by atoms with Gasteiger partial charge < -0.3 is 10.0 Å². The summed E-state index contributed by atoms with van der Waals surface area (Å²) < 4.78 is 13.3. The molecular weight excluding hydrogens is 417 g/mol. The second-order valence-electron chi connectivity index (χ2n) is 7.15. The van der Waals surface area contributed by atoms with Crippen LogP contribution in [0.4, 0.5) is 10.1 Å². The monoisotopic (exact) mass is 433 g/mol. The van der Waals surface area contributed by atoms with Crippen LogP contribution in [-0.2, 0) is 16.1 Å². The quantitative estimate of drug-likeness (QED) is 0.216. The number of non-ortho nitro benzene ring substituents is 1. The Kier molecular flexibility index (Phi) is 5.46. The number of nitro benzene ring substituents is 1. The van der Waals surface area contributed by atoms with Gasteiger partial charge in [-0.2, -0.15) is 0 Å².